The Labute approximate surface area is 152 Å². The predicted octanol–water partition coefficient (Wildman–Crippen LogP) is 1.37. The lowest BCUT2D eigenvalue weighted by Gasteiger charge is -2.34. The Hall–Kier alpha value is -1.96. The van der Waals surface area contributed by atoms with Gasteiger partial charge in [0.25, 0.3) is 5.91 Å². The molecule has 0 bridgehead atoms. The highest BCUT2D eigenvalue weighted by molar-refractivity contribution is 7.91. The van der Waals surface area contributed by atoms with Gasteiger partial charge in [0.2, 0.25) is 5.91 Å². The third kappa shape index (κ3) is 4.23. The van der Waals surface area contributed by atoms with Gasteiger partial charge in [0.05, 0.1) is 23.0 Å². The molecule has 26 heavy (non-hydrogen) atoms. The monoisotopic (exact) mass is 382 g/mol. The van der Waals surface area contributed by atoms with Crippen LogP contribution in [-0.2, 0) is 14.6 Å². The minimum absolute atomic E-state index is 0.0450. The number of likely N-dealkylation sites (tertiary alicyclic amines) is 1. The van der Waals surface area contributed by atoms with Crippen LogP contribution in [0.3, 0.4) is 0 Å². The topological polar surface area (TPSA) is 83.6 Å². The van der Waals surface area contributed by atoms with Gasteiger partial charge in [0.15, 0.2) is 9.84 Å². The Morgan fingerprint density at radius 3 is 2.58 bits per heavy atom. The standard InChI is InChI=1S/C18H23FN2O4S/c1-18(8-10-26(24,25)12-18)20-16(22)14-3-2-9-21(11-14)17(23)13-4-6-15(19)7-5-13/h4-7,14H,2-3,8-12H2,1H3,(H,20,22). The van der Waals surface area contributed by atoms with Gasteiger partial charge in [-0.2, -0.15) is 0 Å². The third-order valence-electron chi connectivity index (χ3n) is 5.10. The molecule has 0 saturated carbocycles. The van der Waals surface area contributed by atoms with E-state index < -0.39 is 21.2 Å². The van der Waals surface area contributed by atoms with E-state index in [1.165, 1.54) is 24.3 Å². The minimum atomic E-state index is -3.10. The van der Waals surface area contributed by atoms with Crippen LogP contribution in [0, 0.1) is 11.7 Å². The molecule has 2 aliphatic heterocycles. The molecule has 0 spiro atoms. The van der Waals surface area contributed by atoms with Crippen molar-refractivity contribution in [1.82, 2.24) is 10.2 Å². The molecule has 2 amide bonds. The van der Waals surface area contributed by atoms with Gasteiger partial charge in [0, 0.05) is 18.7 Å². The predicted molar refractivity (Wildman–Crippen MR) is 94.8 cm³/mol. The molecular weight excluding hydrogens is 359 g/mol. The van der Waals surface area contributed by atoms with E-state index in [0.29, 0.717) is 31.4 Å². The largest absolute Gasteiger partial charge is 0.350 e. The van der Waals surface area contributed by atoms with Crippen molar-refractivity contribution in [1.29, 1.82) is 0 Å². The fourth-order valence-electron chi connectivity index (χ4n) is 3.66. The normalized spacial score (nSPS) is 27.9. The van der Waals surface area contributed by atoms with Gasteiger partial charge in [-0.15, -0.1) is 0 Å². The van der Waals surface area contributed by atoms with E-state index in [9.17, 15) is 22.4 Å². The van der Waals surface area contributed by atoms with Crippen LogP contribution in [0.15, 0.2) is 24.3 Å². The zero-order chi connectivity index (χ0) is 18.9. The van der Waals surface area contributed by atoms with Crippen LogP contribution in [0.5, 0.6) is 0 Å². The molecule has 2 fully saturated rings. The van der Waals surface area contributed by atoms with Crippen molar-refractivity contribution >= 4 is 21.7 Å². The number of carbonyl (C=O) groups excluding carboxylic acids is 2. The fraction of sp³-hybridized carbons (Fsp3) is 0.556. The summed E-state index contributed by atoms with van der Waals surface area (Å²) < 4.78 is 36.4. The Morgan fingerprint density at radius 1 is 1.27 bits per heavy atom. The highest BCUT2D eigenvalue weighted by atomic mass is 32.2. The van der Waals surface area contributed by atoms with Crippen LogP contribution in [0.1, 0.15) is 36.5 Å². The Balaban J connectivity index is 1.63. The van der Waals surface area contributed by atoms with Crippen LogP contribution in [0.4, 0.5) is 4.39 Å². The lowest BCUT2D eigenvalue weighted by Crippen LogP contribution is -2.52. The van der Waals surface area contributed by atoms with Gasteiger partial charge in [-0.3, -0.25) is 9.59 Å². The molecule has 2 aliphatic rings. The first-order valence-corrected chi connectivity index (χ1v) is 10.6. The van der Waals surface area contributed by atoms with Crippen LogP contribution in [0.25, 0.3) is 0 Å². The second-order valence-electron chi connectivity index (χ2n) is 7.49. The number of carbonyl (C=O) groups is 2. The van der Waals surface area contributed by atoms with E-state index in [2.05, 4.69) is 5.32 Å². The summed E-state index contributed by atoms with van der Waals surface area (Å²) in [5.41, 5.74) is -0.347. The molecule has 0 radical (unpaired) electrons. The number of nitrogens with one attached hydrogen (secondary N) is 1. The van der Waals surface area contributed by atoms with Crippen molar-refractivity contribution in [2.75, 3.05) is 24.6 Å². The molecular formula is C18H23FN2O4S. The molecule has 2 saturated heterocycles. The van der Waals surface area contributed by atoms with Crippen LogP contribution in [0.2, 0.25) is 0 Å². The first kappa shape index (κ1) is 18.8. The van der Waals surface area contributed by atoms with Gasteiger partial charge in [0.1, 0.15) is 5.82 Å². The van der Waals surface area contributed by atoms with E-state index in [4.69, 9.17) is 0 Å². The zero-order valence-electron chi connectivity index (χ0n) is 14.7. The summed E-state index contributed by atoms with van der Waals surface area (Å²) in [6.45, 7) is 2.58. The number of sulfone groups is 1. The smallest absolute Gasteiger partial charge is 0.253 e. The molecule has 3 rings (SSSR count). The first-order chi connectivity index (χ1) is 12.2. The summed E-state index contributed by atoms with van der Waals surface area (Å²) in [6.07, 6.45) is 1.76. The number of nitrogens with zero attached hydrogens (tertiary/aromatic N) is 1. The van der Waals surface area contributed by atoms with E-state index in [0.717, 1.165) is 0 Å². The molecule has 8 heteroatoms. The van der Waals surface area contributed by atoms with Gasteiger partial charge >= 0.3 is 0 Å². The van der Waals surface area contributed by atoms with Crippen molar-refractivity contribution in [3.05, 3.63) is 35.6 Å². The van der Waals surface area contributed by atoms with Crippen molar-refractivity contribution in [2.45, 2.75) is 31.7 Å². The molecule has 0 aromatic heterocycles. The summed E-state index contributed by atoms with van der Waals surface area (Å²) in [7, 11) is -3.10. The summed E-state index contributed by atoms with van der Waals surface area (Å²) >= 11 is 0. The average Bonchev–Trinajstić information content (AvgIpc) is 2.88. The number of rotatable bonds is 3. The second-order valence-corrected chi connectivity index (χ2v) is 9.67. The molecule has 2 atom stereocenters. The molecule has 0 aliphatic carbocycles. The maximum absolute atomic E-state index is 13.0. The summed E-state index contributed by atoms with van der Waals surface area (Å²) in [4.78, 5) is 26.8. The maximum atomic E-state index is 13.0. The van der Waals surface area contributed by atoms with Crippen molar-refractivity contribution < 1.29 is 22.4 Å². The molecule has 1 aromatic rings. The Bertz CT molecular complexity index is 809. The number of halogens is 1. The lowest BCUT2D eigenvalue weighted by molar-refractivity contribution is -0.127. The van der Waals surface area contributed by atoms with Crippen LogP contribution >= 0.6 is 0 Å². The minimum Gasteiger partial charge on any atom is -0.350 e. The second kappa shape index (κ2) is 6.98. The summed E-state index contributed by atoms with van der Waals surface area (Å²) in [6, 6.07) is 5.35. The number of hydrogen-bond donors (Lipinski definition) is 1. The summed E-state index contributed by atoms with van der Waals surface area (Å²) in [5, 5.41) is 2.88. The quantitative estimate of drug-likeness (QED) is 0.856. The number of piperidine rings is 1. The fourth-order valence-corrected chi connectivity index (χ4v) is 5.75. The molecule has 2 unspecified atom stereocenters. The van der Waals surface area contributed by atoms with Gasteiger partial charge in [-0.05, 0) is 50.5 Å². The summed E-state index contributed by atoms with van der Waals surface area (Å²) in [5.74, 6) is -1.16. The number of benzene rings is 1. The molecule has 6 nitrogen and oxygen atoms in total. The molecule has 2 heterocycles. The first-order valence-electron chi connectivity index (χ1n) is 8.75. The highest BCUT2D eigenvalue weighted by Crippen LogP contribution is 2.25. The average molecular weight is 382 g/mol. The van der Waals surface area contributed by atoms with Gasteiger partial charge in [-0.25, -0.2) is 12.8 Å². The SMILES string of the molecule is CC1(NC(=O)C2CCCN(C(=O)c3ccc(F)cc3)C2)CCS(=O)(=O)C1. The Morgan fingerprint density at radius 2 is 1.96 bits per heavy atom. The molecule has 1 N–H and O–H groups in total. The number of hydrogen-bond acceptors (Lipinski definition) is 4. The third-order valence-corrected chi connectivity index (χ3v) is 7.00. The lowest BCUT2D eigenvalue weighted by atomic mass is 9.94. The van der Waals surface area contributed by atoms with E-state index in [1.807, 2.05) is 0 Å². The van der Waals surface area contributed by atoms with E-state index in [1.54, 1.807) is 11.8 Å². The molecule has 142 valence electrons. The van der Waals surface area contributed by atoms with Crippen molar-refractivity contribution in [3.63, 3.8) is 0 Å². The van der Waals surface area contributed by atoms with Crippen LogP contribution in [-0.4, -0.2) is 55.3 Å². The van der Waals surface area contributed by atoms with Crippen molar-refractivity contribution in [2.24, 2.45) is 5.92 Å². The van der Waals surface area contributed by atoms with Gasteiger partial charge < -0.3 is 10.2 Å². The van der Waals surface area contributed by atoms with E-state index >= 15 is 0 Å². The van der Waals surface area contributed by atoms with Crippen molar-refractivity contribution in [3.8, 4) is 0 Å². The molecule has 1 aromatic carbocycles. The van der Waals surface area contributed by atoms with Crippen LogP contribution < -0.4 is 5.32 Å². The zero-order valence-corrected chi connectivity index (χ0v) is 15.5. The van der Waals surface area contributed by atoms with Gasteiger partial charge in [-0.1, -0.05) is 0 Å². The highest BCUT2D eigenvalue weighted by Gasteiger charge is 2.41. The van der Waals surface area contributed by atoms with E-state index in [-0.39, 0.29) is 35.8 Å². The Kier molecular flexibility index (Phi) is 5.05. The number of amides is 2. The maximum Gasteiger partial charge on any atom is 0.253 e.